The van der Waals surface area contributed by atoms with Crippen LogP contribution in [-0.2, 0) is 12.0 Å². The molecule has 4 atom stereocenters. The lowest BCUT2D eigenvalue weighted by atomic mass is 9.63. The number of hydrogen-bond donors (Lipinski definition) is 1. The van der Waals surface area contributed by atoms with Gasteiger partial charge in [-0.15, -0.1) is 0 Å². The molecule has 1 fully saturated rings. The molecule has 5 nitrogen and oxygen atoms in total. The summed E-state index contributed by atoms with van der Waals surface area (Å²) in [4.78, 5) is 2.48. The molecule has 3 aliphatic heterocycles. The summed E-state index contributed by atoms with van der Waals surface area (Å²) in [6.07, 6.45) is 5.50. The van der Waals surface area contributed by atoms with Crippen LogP contribution in [0.5, 0.6) is 17.2 Å². The summed E-state index contributed by atoms with van der Waals surface area (Å²) in [6, 6.07) is 2.41. The van der Waals surface area contributed by atoms with E-state index in [1.54, 1.807) is 7.11 Å². The highest BCUT2D eigenvalue weighted by Crippen LogP contribution is 2.58. The van der Waals surface area contributed by atoms with Crippen LogP contribution in [-0.4, -0.2) is 42.6 Å². The zero-order valence-corrected chi connectivity index (χ0v) is 12.5. The van der Waals surface area contributed by atoms with E-state index in [0.29, 0.717) is 11.8 Å². The second-order valence-electron chi connectivity index (χ2n) is 6.56. The molecule has 2 bridgehead atoms. The average molecular weight is 301 g/mol. The first-order chi connectivity index (χ1) is 10.8. The van der Waals surface area contributed by atoms with E-state index in [2.05, 4.69) is 17.0 Å². The summed E-state index contributed by atoms with van der Waals surface area (Å²) >= 11 is 0. The van der Waals surface area contributed by atoms with Gasteiger partial charge in [0.2, 0.25) is 12.5 Å². The molecule has 4 aliphatic rings. The van der Waals surface area contributed by atoms with E-state index >= 15 is 0 Å². The van der Waals surface area contributed by atoms with Crippen LogP contribution < -0.4 is 14.2 Å². The Labute approximate surface area is 129 Å². The van der Waals surface area contributed by atoms with Gasteiger partial charge in [-0.25, -0.2) is 0 Å². The SMILES string of the molecule is COc1c2c(cc3c1C14CCN(C3)C1CC=CC4O)OCO2. The van der Waals surface area contributed by atoms with Gasteiger partial charge in [-0.3, -0.25) is 4.90 Å². The predicted octanol–water partition coefficient (Wildman–Crippen LogP) is 1.57. The lowest BCUT2D eigenvalue weighted by Gasteiger charge is -2.48. The van der Waals surface area contributed by atoms with Gasteiger partial charge >= 0.3 is 0 Å². The Kier molecular flexibility index (Phi) is 2.43. The van der Waals surface area contributed by atoms with Crippen LogP contribution >= 0.6 is 0 Å². The van der Waals surface area contributed by atoms with Crippen molar-refractivity contribution >= 4 is 0 Å². The number of rotatable bonds is 1. The van der Waals surface area contributed by atoms with Gasteiger partial charge in [-0.2, -0.15) is 0 Å². The maximum Gasteiger partial charge on any atom is 0.231 e. The highest BCUT2D eigenvalue weighted by atomic mass is 16.7. The smallest absolute Gasteiger partial charge is 0.231 e. The van der Waals surface area contributed by atoms with E-state index in [9.17, 15) is 5.11 Å². The lowest BCUT2D eigenvalue weighted by molar-refractivity contribution is 0.0613. The van der Waals surface area contributed by atoms with Crippen LogP contribution in [0.3, 0.4) is 0 Å². The minimum absolute atomic E-state index is 0.233. The second kappa shape index (κ2) is 4.18. The molecule has 1 aliphatic carbocycles. The average Bonchev–Trinajstić information content (AvgIpc) is 3.09. The molecule has 1 aromatic rings. The molecular formula is C17H19NO4. The first-order valence-electron chi connectivity index (χ1n) is 7.84. The van der Waals surface area contributed by atoms with Crippen LogP contribution in [0.1, 0.15) is 24.0 Å². The Morgan fingerprint density at radius 1 is 1.41 bits per heavy atom. The normalized spacial score (nSPS) is 36.9. The van der Waals surface area contributed by atoms with E-state index in [1.807, 2.05) is 6.08 Å². The maximum atomic E-state index is 10.9. The number of hydrogen-bond acceptors (Lipinski definition) is 5. The van der Waals surface area contributed by atoms with E-state index < -0.39 is 6.10 Å². The molecule has 3 heterocycles. The van der Waals surface area contributed by atoms with Crippen molar-refractivity contribution < 1.29 is 19.3 Å². The van der Waals surface area contributed by atoms with Crippen LogP contribution in [0.4, 0.5) is 0 Å². The van der Waals surface area contributed by atoms with Crippen molar-refractivity contribution in [2.45, 2.75) is 36.9 Å². The van der Waals surface area contributed by atoms with E-state index in [-0.39, 0.29) is 12.2 Å². The summed E-state index contributed by atoms with van der Waals surface area (Å²) in [5, 5.41) is 10.9. The van der Waals surface area contributed by atoms with Gasteiger partial charge < -0.3 is 19.3 Å². The van der Waals surface area contributed by atoms with Gasteiger partial charge in [0.15, 0.2) is 11.5 Å². The standard InChI is InChI=1S/C17H19NO4/c1-20-16-14-10(7-11-15(16)22-9-21-11)8-18-6-5-17(14)12(18)3-2-4-13(17)19/h2,4,7,12-13,19H,3,5-6,8-9H2,1H3. The fourth-order valence-corrected chi connectivity index (χ4v) is 4.93. The largest absolute Gasteiger partial charge is 0.492 e. The van der Waals surface area contributed by atoms with E-state index in [4.69, 9.17) is 14.2 Å². The molecular weight excluding hydrogens is 282 g/mol. The summed E-state index contributed by atoms with van der Waals surface area (Å²) < 4.78 is 16.9. The van der Waals surface area contributed by atoms with Gasteiger partial charge in [-0.05, 0) is 31.0 Å². The van der Waals surface area contributed by atoms with Gasteiger partial charge in [-0.1, -0.05) is 12.2 Å². The lowest BCUT2D eigenvalue weighted by Crippen LogP contribution is -2.54. The maximum absolute atomic E-state index is 10.9. The van der Waals surface area contributed by atoms with Crippen molar-refractivity contribution in [3.05, 3.63) is 29.3 Å². The second-order valence-corrected chi connectivity index (χ2v) is 6.56. The Balaban J connectivity index is 1.82. The van der Waals surface area contributed by atoms with Crippen molar-refractivity contribution in [2.75, 3.05) is 20.4 Å². The molecule has 5 rings (SSSR count). The topological polar surface area (TPSA) is 51.2 Å². The first kappa shape index (κ1) is 12.8. The third-order valence-corrected chi connectivity index (χ3v) is 5.80. The van der Waals surface area contributed by atoms with Crippen LogP contribution in [0, 0.1) is 0 Å². The molecule has 1 saturated heterocycles. The van der Waals surface area contributed by atoms with Crippen LogP contribution in [0.15, 0.2) is 18.2 Å². The number of benzene rings is 1. The summed E-state index contributed by atoms with van der Waals surface area (Å²) in [5.74, 6) is 2.20. The molecule has 5 heteroatoms. The third-order valence-electron chi connectivity index (χ3n) is 5.80. The molecule has 1 aromatic carbocycles. The molecule has 0 saturated carbocycles. The molecule has 0 radical (unpaired) electrons. The Bertz CT molecular complexity index is 686. The Morgan fingerprint density at radius 3 is 3.18 bits per heavy atom. The summed E-state index contributed by atoms with van der Waals surface area (Å²) in [6.45, 7) is 2.13. The van der Waals surface area contributed by atoms with E-state index in [1.165, 1.54) is 5.56 Å². The van der Waals surface area contributed by atoms with Crippen molar-refractivity contribution in [2.24, 2.45) is 0 Å². The van der Waals surface area contributed by atoms with Crippen molar-refractivity contribution in [1.29, 1.82) is 0 Å². The molecule has 4 unspecified atom stereocenters. The first-order valence-corrected chi connectivity index (χ1v) is 7.84. The van der Waals surface area contributed by atoms with Crippen molar-refractivity contribution in [3.63, 3.8) is 0 Å². The highest BCUT2D eigenvalue weighted by Gasteiger charge is 2.58. The fraction of sp³-hybridized carbons (Fsp3) is 0.529. The molecule has 22 heavy (non-hydrogen) atoms. The van der Waals surface area contributed by atoms with Crippen molar-refractivity contribution in [3.8, 4) is 17.2 Å². The van der Waals surface area contributed by atoms with Gasteiger partial charge in [0.1, 0.15) is 0 Å². The molecule has 1 N–H and O–H groups in total. The third kappa shape index (κ3) is 1.32. The highest BCUT2D eigenvalue weighted by molar-refractivity contribution is 5.65. The molecule has 116 valence electrons. The van der Waals surface area contributed by atoms with Crippen molar-refractivity contribution in [1.82, 2.24) is 4.90 Å². The number of aliphatic hydroxyl groups is 1. The van der Waals surface area contributed by atoms with Crippen LogP contribution in [0.25, 0.3) is 0 Å². The minimum atomic E-state index is -0.482. The Hall–Kier alpha value is -1.72. The van der Waals surface area contributed by atoms with Gasteiger partial charge in [0.25, 0.3) is 0 Å². The molecule has 0 spiro atoms. The number of methoxy groups -OCH3 is 1. The fourth-order valence-electron chi connectivity index (χ4n) is 4.93. The number of ether oxygens (including phenoxy) is 3. The summed E-state index contributed by atoms with van der Waals surface area (Å²) in [5.41, 5.74) is 2.05. The molecule has 0 amide bonds. The monoisotopic (exact) mass is 301 g/mol. The minimum Gasteiger partial charge on any atom is -0.492 e. The van der Waals surface area contributed by atoms with Crippen LogP contribution in [0.2, 0.25) is 0 Å². The predicted molar refractivity (Wildman–Crippen MR) is 79.4 cm³/mol. The zero-order chi connectivity index (χ0) is 14.9. The Morgan fingerprint density at radius 2 is 2.32 bits per heavy atom. The zero-order valence-electron chi connectivity index (χ0n) is 12.5. The summed E-state index contributed by atoms with van der Waals surface area (Å²) in [7, 11) is 1.68. The number of aliphatic hydroxyl groups excluding tert-OH is 1. The van der Waals surface area contributed by atoms with Gasteiger partial charge in [0, 0.05) is 23.6 Å². The van der Waals surface area contributed by atoms with Gasteiger partial charge in [0.05, 0.1) is 13.2 Å². The number of nitrogens with zero attached hydrogens (tertiary/aromatic N) is 1. The molecule has 0 aromatic heterocycles. The number of fused-ring (bicyclic) bond motifs is 2. The van der Waals surface area contributed by atoms with E-state index in [0.717, 1.165) is 43.0 Å². The quantitative estimate of drug-likeness (QED) is 0.798.